The Hall–Kier alpha value is -2.31. The molecule has 0 aliphatic rings. The number of hydrogen-bond donors (Lipinski definition) is 3. The van der Waals surface area contributed by atoms with Gasteiger partial charge in [-0.2, -0.15) is 0 Å². The lowest BCUT2D eigenvalue weighted by molar-refractivity contribution is -0.119. The second-order valence-corrected chi connectivity index (χ2v) is 3.88. The number of nitrogens with two attached hydrogens (primary N) is 1. The topological polar surface area (TPSA) is 109 Å². The van der Waals surface area contributed by atoms with Crippen molar-refractivity contribution < 1.29 is 14.7 Å². The monoisotopic (exact) mass is 266 g/mol. The second-order valence-electron chi connectivity index (χ2n) is 3.88. The van der Waals surface area contributed by atoms with Crippen LogP contribution >= 0.6 is 0 Å². The van der Waals surface area contributed by atoms with Gasteiger partial charge in [0, 0.05) is 13.1 Å². The average molecular weight is 266 g/mol. The van der Waals surface area contributed by atoms with Crippen molar-refractivity contribution in [3.8, 4) is 0 Å². The Morgan fingerprint density at radius 2 is 2.11 bits per heavy atom. The molecule has 1 heterocycles. The molecule has 1 aromatic heterocycles. The van der Waals surface area contributed by atoms with E-state index in [0.717, 1.165) is 0 Å². The van der Waals surface area contributed by atoms with E-state index in [9.17, 15) is 9.59 Å². The van der Waals surface area contributed by atoms with Gasteiger partial charge in [0.05, 0.1) is 12.2 Å². The SMILES string of the molecule is CCNC(=O)CN(CC)c1nc(C(=O)O)ccc1N. The molecule has 7 nitrogen and oxygen atoms in total. The van der Waals surface area contributed by atoms with Crippen molar-refractivity contribution in [1.82, 2.24) is 10.3 Å². The van der Waals surface area contributed by atoms with Gasteiger partial charge in [0.25, 0.3) is 0 Å². The molecular weight excluding hydrogens is 248 g/mol. The lowest BCUT2D eigenvalue weighted by Gasteiger charge is -2.22. The van der Waals surface area contributed by atoms with E-state index in [4.69, 9.17) is 10.8 Å². The normalized spacial score (nSPS) is 10.0. The fraction of sp³-hybridized carbons (Fsp3) is 0.417. The molecule has 0 unspecified atom stereocenters. The van der Waals surface area contributed by atoms with Crippen molar-refractivity contribution in [3.63, 3.8) is 0 Å². The first kappa shape index (κ1) is 14.7. The third kappa shape index (κ3) is 3.84. The molecule has 1 rings (SSSR count). The predicted molar refractivity (Wildman–Crippen MR) is 72.2 cm³/mol. The first-order valence-corrected chi connectivity index (χ1v) is 6.01. The maximum absolute atomic E-state index is 11.6. The minimum absolute atomic E-state index is 0.0879. The largest absolute Gasteiger partial charge is 0.477 e. The number of carboxylic acids is 1. The van der Waals surface area contributed by atoms with Crippen LogP contribution in [-0.2, 0) is 4.79 Å². The van der Waals surface area contributed by atoms with E-state index in [1.807, 2.05) is 13.8 Å². The molecule has 0 saturated carbocycles. The number of likely N-dealkylation sites (N-methyl/N-ethyl adjacent to an activating group) is 2. The molecule has 0 aromatic carbocycles. The zero-order valence-corrected chi connectivity index (χ0v) is 11.0. The zero-order chi connectivity index (χ0) is 14.4. The van der Waals surface area contributed by atoms with Crippen LogP contribution in [0.1, 0.15) is 24.3 Å². The number of aromatic nitrogens is 1. The molecule has 1 amide bonds. The van der Waals surface area contributed by atoms with Crippen molar-refractivity contribution >= 4 is 23.4 Å². The van der Waals surface area contributed by atoms with Crippen molar-refractivity contribution in [2.45, 2.75) is 13.8 Å². The highest BCUT2D eigenvalue weighted by Gasteiger charge is 2.16. The molecule has 0 saturated heterocycles. The third-order valence-corrected chi connectivity index (χ3v) is 2.51. The minimum atomic E-state index is -1.13. The number of anilines is 2. The van der Waals surface area contributed by atoms with Gasteiger partial charge < -0.3 is 21.1 Å². The maximum Gasteiger partial charge on any atom is 0.354 e. The number of aromatic carboxylic acids is 1. The Balaban J connectivity index is 3.00. The first-order valence-electron chi connectivity index (χ1n) is 6.01. The summed E-state index contributed by atoms with van der Waals surface area (Å²) in [6, 6.07) is 2.81. The molecule has 0 aliphatic carbocycles. The van der Waals surface area contributed by atoms with Crippen molar-refractivity contribution in [3.05, 3.63) is 17.8 Å². The van der Waals surface area contributed by atoms with E-state index in [0.29, 0.717) is 24.6 Å². The number of amides is 1. The molecule has 0 atom stereocenters. The Labute approximate surface area is 111 Å². The summed E-state index contributed by atoms with van der Waals surface area (Å²) in [5, 5.41) is 11.6. The summed E-state index contributed by atoms with van der Waals surface area (Å²) in [4.78, 5) is 28.1. The molecule has 7 heteroatoms. The van der Waals surface area contributed by atoms with Gasteiger partial charge in [-0.25, -0.2) is 9.78 Å². The quantitative estimate of drug-likeness (QED) is 0.684. The zero-order valence-electron chi connectivity index (χ0n) is 11.0. The molecule has 19 heavy (non-hydrogen) atoms. The predicted octanol–water partition coefficient (Wildman–Crippen LogP) is 0.324. The Morgan fingerprint density at radius 1 is 1.42 bits per heavy atom. The van der Waals surface area contributed by atoms with Crippen LogP contribution in [-0.4, -0.2) is 41.6 Å². The van der Waals surface area contributed by atoms with Gasteiger partial charge in [-0.15, -0.1) is 0 Å². The summed E-state index contributed by atoms with van der Waals surface area (Å²) < 4.78 is 0. The van der Waals surface area contributed by atoms with Crippen molar-refractivity contribution in [2.75, 3.05) is 30.3 Å². The molecular formula is C12H18N4O3. The van der Waals surface area contributed by atoms with Gasteiger partial charge >= 0.3 is 5.97 Å². The second kappa shape index (κ2) is 6.58. The molecule has 0 bridgehead atoms. The summed E-state index contributed by atoms with van der Waals surface area (Å²) in [7, 11) is 0. The maximum atomic E-state index is 11.6. The standard InChI is InChI=1S/C12H18N4O3/c1-3-14-10(17)7-16(4-2)11-8(13)5-6-9(15-11)12(18)19/h5-6H,3-4,7,13H2,1-2H3,(H,14,17)(H,18,19). The number of rotatable bonds is 6. The average Bonchev–Trinajstić information content (AvgIpc) is 2.37. The lowest BCUT2D eigenvalue weighted by Crippen LogP contribution is -2.38. The molecule has 0 fully saturated rings. The van der Waals surface area contributed by atoms with Crippen molar-refractivity contribution in [1.29, 1.82) is 0 Å². The highest BCUT2D eigenvalue weighted by Crippen LogP contribution is 2.20. The van der Waals surface area contributed by atoms with E-state index in [1.54, 1.807) is 4.90 Å². The fourth-order valence-corrected chi connectivity index (χ4v) is 1.59. The lowest BCUT2D eigenvalue weighted by atomic mass is 10.3. The number of nitrogens with one attached hydrogen (secondary N) is 1. The van der Waals surface area contributed by atoms with Gasteiger partial charge in [-0.1, -0.05) is 0 Å². The number of carboxylic acid groups (broad SMARTS) is 1. The Kier molecular flexibility index (Phi) is 5.11. The number of carbonyl (C=O) groups is 2. The first-order chi connectivity index (χ1) is 8.99. The summed E-state index contributed by atoms with van der Waals surface area (Å²) in [6.45, 7) is 4.79. The smallest absolute Gasteiger partial charge is 0.354 e. The van der Waals surface area contributed by atoms with E-state index in [2.05, 4.69) is 10.3 Å². The highest BCUT2D eigenvalue weighted by atomic mass is 16.4. The van der Waals surface area contributed by atoms with Crippen LogP contribution in [0.25, 0.3) is 0 Å². The van der Waals surface area contributed by atoms with Crippen molar-refractivity contribution in [2.24, 2.45) is 0 Å². The number of hydrogen-bond acceptors (Lipinski definition) is 5. The number of pyridine rings is 1. The molecule has 1 aromatic rings. The number of carbonyl (C=O) groups excluding carboxylic acids is 1. The minimum Gasteiger partial charge on any atom is -0.477 e. The summed E-state index contributed by atoms with van der Waals surface area (Å²) in [6.07, 6.45) is 0. The molecule has 4 N–H and O–H groups in total. The third-order valence-electron chi connectivity index (χ3n) is 2.51. The molecule has 0 radical (unpaired) electrons. The highest BCUT2D eigenvalue weighted by molar-refractivity contribution is 5.87. The Morgan fingerprint density at radius 3 is 2.63 bits per heavy atom. The fourth-order valence-electron chi connectivity index (χ4n) is 1.59. The van der Waals surface area contributed by atoms with E-state index in [1.165, 1.54) is 12.1 Å². The van der Waals surface area contributed by atoms with Crippen LogP contribution in [0.3, 0.4) is 0 Å². The molecule has 0 spiro atoms. The van der Waals surface area contributed by atoms with Crippen LogP contribution in [0.4, 0.5) is 11.5 Å². The van der Waals surface area contributed by atoms with Gasteiger partial charge in [0.15, 0.2) is 11.5 Å². The molecule has 0 aliphatic heterocycles. The van der Waals surface area contributed by atoms with Gasteiger partial charge in [0.1, 0.15) is 0 Å². The van der Waals surface area contributed by atoms with E-state index < -0.39 is 5.97 Å². The Bertz CT molecular complexity index is 476. The summed E-state index contributed by atoms with van der Waals surface area (Å²) >= 11 is 0. The van der Waals surface area contributed by atoms with Crippen LogP contribution in [0.15, 0.2) is 12.1 Å². The van der Waals surface area contributed by atoms with Crippen LogP contribution < -0.4 is 16.0 Å². The molecule has 104 valence electrons. The van der Waals surface area contributed by atoms with Crippen LogP contribution in [0.5, 0.6) is 0 Å². The van der Waals surface area contributed by atoms with Crippen LogP contribution in [0, 0.1) is 0 Å². The van der Waals surface area contributed by atoms with Gasteiger partial charge in [-0.05, 0) is 26.0 Å². The van der Waals surface area contributed by atoms with Gasteiger partial charge in [0.2, 0.25) is 5.91 Å². The number of nitrogen functional groups attached to an aromatic ring is 1. The van der Waals surface area contributed by atoms with E-state index in [-0.39, 0.29) is 18.1 Å². The van der Waals surface area contributed by atoms with Gasteiger partial charge in [-0.3, -0.25) is 4.79 Å². The summed E-state index contributed by atoms with van der Waals surface area (Å²) in [5.41, 5.74) is 6.03. The summed E-state index contributed by atoms with van der Waals surface area (Å²) in [5.74, 6) is -0.977. The van der Waals surface area contributed by atoms with E-state index >= 15 is 0 Å². The van der Waals surface area contributed by atoms with Crippen LogP contribution in [0.2, 0.25) is 0 Å². The number of nitrogens with zero attached hydrogens (tertiary/aromatic N) is 2.